The normalized spacial score (nSPS) is 15.9. The summed E-state index contributed by atoms with van der Waals surface area (Å²) in [7, 11) is 0. The first-order valence-corrected chi connectivity index (χ1v) is 7.96. The van der Waals surface area contributed by atoms with E-state index in [1.54, 1.807) is 41.0 Å². The Morgan fingerprint density at radius 3 is 2.22 bits per heavy atom. The lowest BCUT2D eigenvalue weighted by Crippen LogP contribution is -2.53. The van der Waals surface area contributed by atoms with Crippen LogP contribution in [-0.2, 0) is 9.59 Å². The molecule has 1 N–H and O–H groups in total. The molecule has 1 aromatic carbocycles. The van der Waals surface area contributed by atoms with E-state index in [-0.39, 0.29) is 24.3 Å². The van der Waals surface area contributed by atoms with Crippen molar-refractivity contribution in [1.29, 1.82) is 0 Å². The Balaban J connectivity index is 1.77. The summed E-state index contributed by atoms with van der Waals surface area (Å²) < 4.78 is 0. The van der Waals surface area contributed by atoms with Gasteiger partial charge in [-0.15, -0.1) is 11.6 Å². The Bertz CT molecular complexity index is 569. The summed E-state index contributed by atoms with van der Waals surface area (Å²) in [4.78, 5) is 39.1. The highest BCUT2D eigenvalue weighted by atomic mass is 35.5. The van der Waals surface area contributed by atoms with E-state index in [0.29, 0.717) is 31.7 Å². The minimum atomic E-state index is -0.553. The van der Waals surface area contributed by atoms with E-state index < -0.39 is 5.38 Å². The van der Waals surface area contributed by atoms with Gasteiger partial charge in [-0.3, -0.25) is 14.4 Å². The monoisotopic (exact) mass is 337 g/mol. The number of rotatable bonds is 4. The molecule has 1 saturated heterocycles. The van der Waals surface area contributed by atoms with Crippen LogP contribution in [0.2, 0.25) is 0 Å². The van der Waals surface area contributed by atoms with Gasteiger partial charge in [0.1, 0.15) is 5.38 Å². The molecule has 23 heavy (non-hydrogen) atoms. The Kier molecular flexibility index (Phi) is 5.98. The molecule has 0 bridgehead atoms. The van der Waals surface area contributed by atoms with Gasteiger partial charge in [0.2, 0.25) is 11.8 Å². The second kappa shape index (κ2) is 7.97. The van der Waals surface area contributed by atoms with E-state index in [2.05, 4.69) is 5.32 Å². The van der Waals surface area contributed by atoms with E-state index in [4.69, 9.17) is 11.6 Å². The summed E-state index contributed by atoms with van der Waals surface area (Å²) >= 11 is 5.78. The molecular formula is C16H20ClN3O3. The zero-order valence-electron chi connectivity index (χ0n) is 13.0. The zero-order chi connectivity index (χ0) is 16.8. The molecule has 6 nitrogen and oxygen atoms in total. The first-order valence-electron chi connectivity index (χ1n) is 7.53. The van der Waals surface area contributed by atoms with Crippen molar-refractivity contribution in [2.45, 2.75) is 12.3 Å². The third-order valence-corrected chi connectivity index (χ3v) is 3.91. The van der Waals surface area contributed by atoms with Crippen molar-refractivity contribution in [3.05, 3.63) is 35.9 Å². The lowest BCUT2D eigenvalue weighted by Gasteiger charge is -2.35. The number of hydrogen-bond acceptors (Lipinski definition) is 3. The molecule has 2 rings (SSSR count). The average Bonchev–Trinajstić information content (AvgIpc) is 2.59. The van der Waals surface area contributed by atoms with Gasteiger partial charge >= 0.3 is 0 Å². The number of carbonyl (C=O) groups is 3. The molecule has 1 aromatic rings. The first-order chi connectivity index (χ1) is 11.0. The molecule has 124 valence electrons. The number of nitrogens with one attached hydrogen (secondary N) is 1. The molecule has 1 aliphatic rings. The number of benzene rings is 1. The summed E-state index contributed by atoms with van der Waals surface area (Å²) in [5.41, 5.74) is 0.520. The number of amides is 3. The van der Waals surface area contributed by atoms with E-state index in [1.165, 1.54) is 0 Å². The summed E-state index contributed by atoms with van der Waals surface area (Å²) in [6, 6.07) is 8.75. The number of carbonyl (C=O) groups excluding carboxylic acids is 3. The van der Waals surface area contributed by atoms with Gasteiger partial charge in [-0.25, -0.2) is 0 Å². The third kappa shape index (κ3) is 4.69. The maximum atomic E-state index is 12.1. The van der Waals surface area contributed by atoms with Crippen molar-refractivity contribution in [2.75, 3.05) is 32.7 Å². The highest BCUT2D eigenvalue weighted by Gasteiger charge is 2.26. The zero-order valence-corrected chi connectivity index (χ0v) is 13.8. The van der Waals surface area contributed by atoms with Crippen LogP contribution < -0.4 is 5.32 Å². The topological polar surface area (TPSA) is 69.7 Å². The van der Waals surface area contributed by atoms with Gasteiger partial charge in [-0.05, 0) is 19.1 Å². The highest BCUT2D eigenvalue weighted by Crippen LogP contribution is 2.07. The number of nitrogens with zero attached hydrogens (tertiary/aromatic N) is 2. The van der Waals surface area contributed by atoms with Gasteiger partial charge in [-0.2, -0.15) is 0 Å². The van der Waals surface area contributed by atoms with Gasteiger partial charge < -0.3 is 15.1 Å². The molecule has 1 atom stereocenters. The van der Waals surface area contributed by atoms with Crippen LogP contribution in [0.1, 0.15) is 17.3 Å². The van der Waals surface area contributed by atoms with E-state index >= 15 is 0 Å². The smallest absolute Gasteiger partial charge is 0.251 e. The van der Waals surface area contributed by atoms with Crippen molar-refractivity contribution in [3.8, 4) is 0 Å². The molecule has 0 spiro atoms. The van der Waals surface area contributed by atoms with Gasteiger partial charge in [0.25, 0.3) is 5.91 Å². The summed E-state index contributed by atoms with van der Waals surface area (Å²) in [5, 5.41) is 2.06. The molecule has 7 heteroatoms. The minimum absolute atomic E-state index is 0.0480. The van der Waals surface area contributed by atoms with E-state index in [1.807, 2.05) is 6.07 Å². The van der Waals surface area contributed by atoms with Crippen LogP contribution in [0.5, 0.6) is 0 Å². The predicted octanol–water partition coefficient (Wildman–Crippen LogP) is 0.714. The Labute approximate surface area is 140 Å². The molecule has 0 radical (unpaired) electrons. The fourth-order valence-corrected chi connectivity index (χ4v) is 2.53. The maximum Gasteiger partial charge on any atom is 0.251 e. The van der Waals surface area contributed by atoms with Crippen LogP contribution >= 0.6 is 11.6 Å². The van der Waals surface area contributed by atoms with Crippen molar-refractivity contribution < 1.29 is 14.4 Å². The van der Waals surface area contributed by atoms with Crippen LogP contribution in [0.25, 0.3) is 0 Å². The molecule has 3 amide bonds. The SMILES string of the molecule is CC(Cl)C(=O)N1CCN(C(=O)CNC(=O)c2ccccc2)CC1. The number of hydrogen-bond donors (Lipinski definition) is 1. The van der Waals surface area contributed by atoms with Crippen molar-refractivity contribution in [1.82, 2.24) is 15.1 Å². The van der Waals surface area contributed by atoms with Gasteiger partial charge in [0, 0.05) is 31.7 Å². The quantitative estimate of drug-likeness (QED) is 0.823. The second-order valence-corrected chi connectivity index (χ2v) is 6.03. The van der Waals surface area contributed by atoms with Crippen LogP contribution in [0.4, 0.5) is 0 Å². The molecule has 0 saturated carbocycles. The van der Waals surface area contributed by atoms with Gasteiger partial charge in [0.05, 0.1) is 6.54 Å². The first kappa shape index (κ1) is 17.3. The maximum absolute atomic E-state index is 12.1. The standard InChI is InChI=1S/C16H20ClN3O3/c1-12(17)16(23)20-9-7-19(8-10-20)14(21)11-18-15(22)13-5-3-2-4-6-13/h2-6,12H,7-11H2,1H3,(H,18,22). The average molecular weight is 338 g/mol. The van der Waals surface area contributed by atoms with Crippen LogP contribution in [0.3, 0.4) is 0 Å². The molecule has 0 aliphatic carbocycles. The van der Waals surface area contributed by atoms with Crippen LogP contribution in [0, 0.1) is 0 Å². The predicted molar refractivity (Wildman–Crippen MR) is 87.3 cm³/mol. The van der Waals surface area contributed by atoms with Crippen molar-refractivity contribution >= 4 is 29.3 Å². The third-order valence-electron chi connectivity index (χ3n) is 3.72. The fraction of sp³-hybridized carbons (Fsp3) is 0.438. The molecular weight excluding hydrogens is 318 g/mol. The summed E-state index contributed by atoms with van der Waals surface area (Å²) in [6.07, 6.45) is 0. The van der Waals surface area contributed by atoms with Crippen LogP contribution in [0.15, 0.2) is 30.3 Å². The van der Waals surface area contributed by atoms with E-state index in [9.17, 15) is 14.4 Å². The van der Waals surface area contributed by atoms with E-state index in [0.717, 1.165) is 0 Å². The van der Waals surface area contributed by atoms with Crippen LogP contribution in [-0.4, -0.2) is 65.6 Å². The highest BCUT2D eigenvalue weighted by molar-refractivity contribution is 6.30. The molecule has 1 fully saturated rings. The minimum Gasteiger partial charge on any atom is -0.343 e. The Morgan fingerprint density at radius 1 is 1.09 bits per heavy atom. The summed E-state index contributed by atoms with van der Waals surface area (Å²) in [5.74, 6) is -0.542. The van der Waals surface area contributed by atoms with Crippen molar-refractivity contribution in [2.24, 2.45) is 0 Å². The number of alkyl halides is 1. The fourth-order valence-electron chi connectivity index (χ4n) is 2.39. The number of halogens is 1. The second-order valence-electron chi connectivity index (χ2n) is 5.37. The van der Waals surface area contributed by atoms with Gasteiger partial charge in [0.15, 0.2) is 0 Å². The number of piperazine rings is 1. The molecule has 1 heterocycles. The lowest BCUT2D eigenvalue weighted by molar-refractivity contribution is -0.138. The lowest BCUT2D eigenvalue weighted by atomic mass is 10.2. The van der Waals surface area contributed by atoms with Crippen molar-refractivity contribution in [3.63, 3.8) is 0 Å². The Hall–Kier alpha value is -2.08. The largest absolute Gasteiger partial charge is 0.343 e. The molecule has 0 aromatic heterocycles. The summed E-state index contributed by atoms with van der Waals surface area (Å²) in [6.45, 7) is 3.43. The molecule has 1 aliphatic heterocycles. The van der Waals surface area contributed by atoms with Gasteiger partial charge in [-0.1, -0.05) is 18.2 Å². The molecule has 1 unspecified atom stereocenters. The Morgan fingerprint density at radius 2 is 1.65 bits per heavy atom.